The zero-order chi connectivity index (χ0) is 13.3. The van der Waals surface area contributed by atoms with Crippen molar-refractivity contribution in [3.05, 3.63) is 0 Å². The molecule has 2 saturated heterocycles. The van der Waals surface area contributed by atoms with Crippen LogP contribution in [0.5, 0.6) is 0 Å². The summed E-state index contributed by atoms with van der Waals surface area (Å²) in [6, 6.07) is 0.868. The maximum Gasteiger partial charge on any atom is 0.0702 e. The van der Waals surface area contributed by atoms with E-state index in [-0.39, 0.29) is 5.54 Å². The SMILES string of the molecule is CN(CC1CCCCO1)C1(CN)CCN(C2CC2)C1. The van der Waals surface area contributed by atoms with E-state index in [1.165, 1.54) is 45.1 Å². The molecule has 1 saturated carbocycles. The van der Waals surface area contributed by atoms with E-state index in [1.807, 2.05) is 0 Å². The Bertz CT molecular complexity index is 302. The predicted molar refractivity (Wildman–Crippen MR) is 77.2 cm³/mol. The lowest BCUT2D eigenvalue weighted by molar-refractivity contribution is -0.0211. The molecule has 19 heavy (non-hydrogen) atoms. The molecular formula is C15H29N3O. The number of hydrogen-bond acceptors (Lipinski definition) is 4. The van der Waals surface area contributed by atoms with Crippen LogP contribution in [0.1, 0.15) is 38.5 Å². The van der Waals surface area contributed by atoms with Crippen LogP contribution >= 0.6 is 0 Å². The van der Waals surface area contributed by atoms with E-state index in [1.54, 1.807) is 0 Å². The Morgan fingerprint density at radius 1 is 1.32 bits per heavy atom. The lowest BCUT2D eigenvalue weighted by Gasteiger charge is -2.40. The molecule has 0 bridgehead atoms. The first-order valence-corrected chi connectivity index (χ1v) is 8.00. The summed E-state index contributed by atoms with van der Waals surface area (Å²) in [4.78, 5) is 5.16. The molecule has 0 spiro atoms. The fraction of sp³-hybridized carbons (Fsp3) is 1.00. The Labute approximate surface area is 117 Å². The molecule has 2 aliphatic heterocycles. The van der Waals surface area contributed by atoms with Gasteiger partial charge in [-0.15, -0.1) is 0 Å². The standard InChI is InChI=1S/C15H29N3O/c1-17(10-14-4-2-3-9-19-14)15(11-16)7-8-18(12-15)13-5-6-13/h13-14H,2-12,16H2,1H3. The van der Waals surface area contributed by atoms with Gasteiger partial charge in [0.25, 0.3) is 0 Å². The number of rotatable bonds is 5. The molecule has 0 aromatic heterocycles. The summed E-state index contributed by atoms with van der Waals surface area (Å²) in [6.07, 6.45) is 8.23. The molecule has 1 aliphatic carbocycles. The van der Waals surface area contributed by atoms with Crippen molar-refractivity contribution >= 4 is 0 Å². The molecule has 0 amide bonds. The Balaban J connectivity index is 1.57. The summed E-state index contributed by atoms with van der Waals surface area (Å²) in [5, 5.41) is 0. The molecule has 0 aromatic rings. The van der Waals surface area contributed by atoms with E-state index in [4.69, 9.17) is 10.5 Å². The third-order valence-corrected chi connectivity index (χ3v) is 5.37. The highest BCUT2D eigenvalue weighted by Crippen LogP contribution is 2.35. The van der Waals surface area contributed by atoms with E-state index < -0.39 is 0 Å². The van der Waals surface area contributed by atoms with E-state index >= 15 is 0 Å². The number of ether oxygens (including phenoxy) is 1. The molecule has 2 atom stereocenters. The molecule has 2 heterocycles. The zero-order valence-corrected chi connectivity index (χ0v) is 12.3. The Hall–Kier alpha value is -0.160. The second kappa shape index (κ2) is 5.68. The van der Waals surface area contributed by atoms with Crippen molar-refractivity contribution in [3.63, 3.8) is 0 Å². The summed E-state index contributed by atoms with van der Waals surface area (Å²) in [5.74, 6) is 0. The van der Waals surface area contributed by atoms with Crippen molar-refractivity contribution in [2.24, 2.45) is 5.73 Å². The second-order valence-electron chi connectivity index (χ2n) is 6.75. The van der Waals surface area contributed by atoms with Crippen LogP contribution in [-0.2, 0) is 4.74 Å². The molecule has 2 N–H and O–H groups in total. The van der Waals surface area contributed by atoms with Crippen LogP contribution < -0.4 is 5.73 Å². The highest BCUT2D eigenvalue weighted by Gasteiger charge is 2.45. The Kier molecular flexibility index (Phi) is 4.13. The van der Waals surface area contributed by atoms with Gasteiger partial charge < -0.3 is 10.5 Å². The lowest BCUT2D eigenvalue weighted by Crippen LogP contribution is -2.56. The van der Waals surface area contributed by atoms with Gasteiger partial charge in [-0.3, -0.25) is 9.80 Å². The third kappa shape index (κ3) is 2.97. The summed E-state index contributed by atoms with van der Waals surface area (Å²) in [5.41, 5.74) is 6.35. The van der Waals surface area contributed by atoms with Crippen LogP contribution in [0.25, 0.3) is 0 Å². The first kappa shape index (κ1) is 13.8. The summed E-state index contributed by atoms with van der Waals surface area (Å²) in [6.45, 7) is 5.17. The molecule has 4 heteroatoms. The van der Waals surface area contributed by atoms with Crippen molar-refractivity contribution < 1.29 is 4.74 Å². The fourth-order valence-corrected chi connectivity index (χ4v) is 3.72. The highest BCUT2D eigenvalue weighted by molar-refractivity contribution is 5.03. The molecule has 0 aromatic carbocycles. The second-order valence-corrected chi connectivity index (χ2v) is 6.75. The summed E-state index contributed by atoms with van der Waals surface area (Å²) >= 11 is 0. The van der Waals surface area contributed by atoms with Gasteiger partial charge in [0.2, 0.25) is 0 Å². The van der Waals surface area contributed by atoms with Crippen molar-refractivity contribution in [1.82, 2.24) is 9.80 Å². The normalized spacial score (nSPS) is 37.1. The number of likely N-dealkylation sites (N-methyl/N-ethyl adjacent to an activating group) is 1. The molecule has 3 fully saturated rings. The molecule has 4 nitrogen and oxygen atoms in total. The maximum atomic E-state index is 6.15. The molecule has 110 valence electrons. The van der Waals surface area contributed by atoms with Crippen molar-refractivity contribution in [2.45, 2.75) is 56.2 Å². The smallest absolute Gasteiger partial charge is 0.0702 e. The molecule has 0 radical (unpaired) electrons. The average Bonchev–Trinajstić information content (AvgIpc) is 3.19. The van der Waals surface area contributed by atoms with Crippen molar-refractivity contribution in [1.29, 1.82) is 0 Å². The van der Waals surface area contributed by atoms with Crippen molar-refractivity contribution in [3.8, 4) is 0 Å². The molecule has 2 unspecified atom stereocenters. The van der Waals surface area contributed by atoms with Gasteiger partial charge in [0.15, 0.2) is 0 Å². The zero-order valence-electron chi connectivity index (χ0n) is 12.3. The van der Waals surface area contributed by atoms with Gasteiger partial charge in [-0.05, 0) is 45.6 Å². The van der Waals surface area contributed by atoms with Gasteiger partial charge in [0.05, 0.1) is 6.10 Å². The summed E-state index contributed by atoms with van der Waals surface area (Å²) < 4.78 is 5.89. The van der Waals surface area contributed by atoms with Gasteiger partial charge in [0.1, 0.15) is 0 Å². The minimum atomic E-state index is 0.198. The van der Waals surface area contributed by atoms with Gasteiger partial charge in [-0.25, -0.2) is 0 Å². The lowest BCUT2D eigenvalue weighted by atomic mass is 9.95. The van der Waals surface area contributed by atoms with Gasteiger partial charge in [-0.1, -0.05) is 0 Å². The van der Waals surface area contributed by atoms with Crippen LogP contribution in [0.4, 0.5) is 0 Å². The van der Waals surface area contributed by atoms with Crippen LogP contribution in [0.3, 0.4) is 0 Å². The molecule has 3 aliphatic rings. The van der Waals surface area contributed by atoms with Gasteiger partial charge >= 0.3 is 0 Å². The molecule has 3 rings (SSSR count). The van der Waals surface area contributed by atoms with E-state index in [9.17, 15) is 0 Å². The predicted octanol–water partition coefficient (Wildman–Crippen LogP) is 1.05. The van der Waals surface area contributed by atoms with Crippen LogP contribution in [-0.4, -0.2) is 67.3 Å². The van der Waals surface area contributed by atoms with Crippen molar-refractivity contribution in [2.75, 3.05) is 39.8 Å². The fourth-order valence-electron chi connectivity index (χ4n) is 3.72. The topological polar surface area (TPSA) is 41.7 Å². The maximum absolute atomic E-state index is 6.15. The molecular weight excluding hydrogens is 238 g/mol. The monoisotopic (exact) mass is 267 g/mol. The van der Waals surface area contributed by atoms with Crippen LogP contribution in [0.15, 0.2) is 0 Å². The number of hydrogen-bond donors (Lipinski definition) is 1. The van der Waals surface area contributed by atoms with E-state index in [0.717, 1.165) is 32.3 Å². The Morgan fingerprint density at radius 3 is 2.79 bits per heavy atom. The number of likely N-dealkylation sites (tertiary alicyclic amines) is 1. The quantitative estimate of drug-likeness (QED) is 0.808. The summed E-state index contributed by atoms with van der Waals surface area (Å²) in [7, 11) is 2.25. The first-order valence-electron chi connectivity index (χ1n) is 8.00. The van der Waals surface area contributed by atoms with E-state index in [2.05, 4.69) is 16.8 Å². The van der Waals surface area contributed by atoms with Gasteiger partial charge in [-0.2, -0.15) is 0 Å². The van der Waals surface area contributed by atoms with Crippen LogP contribution in [0, 0.1) is 0 Å². The largest absolute Gasteiger partial charge is 0.377 e. The van der Waals surface area contributed by atoms with Crippen LogP contribution in [0.2, 0.25) is 0 Å². The minimum Gasteiger partial charge on any atom is -0.377 e. The van der Waals surface area contributed by atoms with Gasteiger partial charge in [0, 0.05) is 44.4 Å². The number of nitrogens with two attached hydrogens (primary N) is 1. The number of nitrogens with zero attached hydrogens (tertiary/aromatic N) is 2. The Morgan fingerprint density at radius 2 is 2.16 bits per heavy atom. The minimum absolute atomic E-state index is 0.198. The average molecular weight is 267 g/mol. The highest BCUT2D eigenvalue weighted by atomic mass is 16.5. The first-order chi connectivity index (χ1) is 9.23. The van der Waals surface area contributed by atoms with E-state index in [0.29, 0.717) is 6.10 Å². The third-order valence-electron chi connectivity index (χ3n) is 5.37.